The Labute approximate surface area is 183 Å². The van der Waals surface area contributed by atoms with E-state index in [1.165, 1.54) is 24.7 Å². The molecule has 1 saturated carbocycles. The maximum absolute atomic E-state index is 13.2. The van der Waals surface area contributed by atoms with E-state index >= 15 is 0 Å². The lowest BCUT2D eigenvalue weighted by molar-refractivity contribution is -0.126. The van der Waals surface area contributed by atoms with Crippen molar-refractivity contribution in [2.75, 3.05) is 7.11 Å². The highest BCUT2D eigenvalue weighted by molar-refractivity contribution is 7.19. The highest BCUT2D eigenvalue weighted by Crippen LogP contribution is 2.39. The fraction of sp³-hybridized carbons (Fsp3) is 0.292. The molecule has 2 aromatic carbocycles. The van der Waals surface area contributed by atoms with Gasteiger partial charge in [-0.25, -0.2) is 9.78 Å². The number of aromatic nitrogens is 1. The van der Waals surface area contributed by atoms with Gasteiger partial charge < -0.3 is 14.2 Å². The molecule has 0 amide bonds. The summed E-state index contributed by atoms with van der Waals surface area (Å²) in [4.78, 5) is 30.4. The molecule has 158 valence electrons. The van der Waals surface area contributed by atoms with Crippen LogP contribution in [0.2, 0.25) is 0 Å². The fourth-order valence-corrected chi connectivity index (χ4v) is 5.21. The molecule has 5 rings (SSSR count). The molecule has 31 heavy (non-hydrogen) atoms. The number of nitrogens with zero attached hydrogens (tertiary/aromatic N) is 1. The minimum Gasteiger partial charge on any atom is -0.496 e. The molecule has 1 aliphatic carbocycles. The Kier molecular flexibility index (Phi) is 5.19. The van der Waals surface area contributed by atoms with Gasteiger partial charge in [-0.05, 0) is 37.1 Å². The predicted molar refractivity (Wildman–Crippen MR) is 117 cm³/mol. The van der Waals surface area contributed by atoms with Crippen molar-refractivity contribution in [2.24, 2.45) is 5.92 Å². The minimum atomic E-state index is -0.422. The molecular weight excluding hydrogens is 414 g/mol. The standard InChI is InChI=1S/C24H21NO5S/c1-28-19-8-4-2-6-16(19)24(27)30-14-10-11-15-20(12-14)29-13-17(22(15)26)23-25-18-7-3-5-9-21(18)31-23/h2-9,13-15,20H,10-12H2,1H3. The van der Waals surface area contributed by atoms with Crippen molar-refractivity contribution in [3.63, 3.8) is 0 Å². The fourth-order valence-electron chi connectivity index (χ4n) is 4.23. The van der Waals surface area contributed by atoms with E-state index in [4.69, 9.17) is 14.2 Å². The normalized spacial score (nSPS) is 22.9. The van der Waals surface area contributed by atoms with Crippen LogP contribution in [-0.4, -0.2) is 36.1 Å². The third kappa shape index (κ3) is 3.70. The van der Waals surface area contributed by atoms with Crippen molar-refractivity contribution in [1.29, 1.82) is 0 Å². The van der Waals surface area contributed by atoms with Crippen LogP contribution in [0, 0.1) is 5.92 Å². The minimum absolute atomic E-state index is 0.0600. The first kappa shape index (κ1) is 19.8. The van der Waals surface area contributed by atoms with E-state index in [0.717, 1.165) is 10.2 Å². The summed E-state index contributed by atoms with van der Waals surface area (Å²) in [6.07, 6.45) is 2.64. The number of ketones is 1. The Hall–Kier alpha value is -3.19. The van der Waals surface area contributed by atoms with Gasteiger partial charge in [-0.3, -0.25) is 4.79 Å². The summed E-state index contributed by atoms with van der Waals surface area (Å²) in [6.45, 7) is 0. The first-order chi connectivity index (χ1) is 15.1. The monoisotopic (exact) mass is 435 g/mol. The topological polar surface area (TPSA) is 74.7 Å². The van der Waals surface area contributed by atoms with Gasteiger partial charge in [-0.1, -0.05) is 24.3 Å². The van der Waals surface area contributed by atoms with Crippen LogP contribution in [0.3, 0.4) is 0 Å². The van der Waals surface area contributed by atoms with E-state index in [-0.39, 0.29) is 23.9 Å². The zero-order valence-electron chi connectivity index (χ0n) is 16.9. The Bertz CT molecular complexity index is 1150. The van der Waals surface area contributed by atoms with Crippen LogP contribution in [0.4, 0.5) is 0 Å². The van der Waals surface area contributed by atoms with Crippen molar-refractivity contribution in [3.8, 4) is 5.75 Å². The van der Waals surface area contributed by atoms with Gasteiger partial charge in [0.2, 0.25) is 0 Å². The third-order valence-corrected chi connectivity index (χ3v) is 6.90. The van der Waals surface area contributed by atoms with Crippen LogP contribution in [-0.2, 0) is 14.3 Å². The van der Waals surface area contributed by atoms with Gasteiger partial charge in [0.15, 0.2) is 5.78 Å². The van der Waals surface area contributed by atoms with E-state index in [1.807, 2.05) is 24.3 Å². The zero-order valence-corrected chi connectivity index (χ0v) is 17.8. The molecule has 1 fully saturated rings. The average Bonchev–Trinajstić information content (AvgIpc) is 3.23. The number of thiazole rings is 1. The number of benzene rings is 2. The molecule has 0 radical (unpaired) electrons. The van der Waals surface area contributed by atoms with Gasteiger partial charge >= 0.3 is 5.97 Å². The molecule has 2 heterocycles. The average molecular weight is 436 g/mol. The Morgan fingerprint density at radius 2 is 1.94 bits per heavy atom. The maximum atomic E-state index is 13.2. The summed E-state index contributed by atoms with van der Waals surface area (Å²) in [5.41, 5.74) is 1.81. The SMILES string of the molecule is COc1ccccc1C(=O)OC1CCC2C(=O)C(c3nc4ccccc4s3)=COC2C1. The van der Waals surface area contributed by atoms with E-state index in [2.05, 4.69) is 4.98 Å². The molecule has 1 aliphatic heterocycles. The van der Waals surface area contributed by atoms with Crippen LogP contribution in [0.15, 0.2) is 54.8 Å². The second kappa shape index (κ2) is 8.15. The smallest absolute Gasteiger partial charge is 0.342 e. The van der Waals surface area contributed by atoms with Crippen LogP contribution < -0.4 is 4.74 Å². The first-order valence-corrected chi connectivity index (χ1v) is 11.1. The van der Waals surface area contributed by atoms with Crippen LogP contribution in [0.25, 0.3) is 15.8 Å². The molecule has 1 aromatic heterocycles. The summed E-state index contributed by atoms with van der Waals surface area (Å²) >= 11 is 1.50. The number of methoxy groups -OCH3 is 1. The number of ether oxygens (including phenoxy) is 3. The Morgan fingerprint density at radius 3 is 2.77 bits per heavy atom. The van der Waals surface area contributed by atoms with E-state index in [1.54, 1.807) is 24.3 Å². The summed E-state index contributed by atoms with van der Waals surface area (Å²) in [5, 5.41) is 0.689. The van der Waals surface area contributed by atoms with Gasteiger partial charge in [0.25, 0.3) is 0 Å². The Balaban J connectivity index is 1.29. The number of carbonyl (C=O) groups excluding carboxylic acids is 2. The lowest BCUT2D eigenvalue weighted by atomic mass is 9.79. The maximum Gasteiger partial charge on any atom is 0.342 e. The molecule has 3 aromatic rings. The lowest BCUT2D eigenvalue weighted by Crippen LogP contribution is -2.42. The number of Topliss-reactive ketones (excluding diaryl/α,β-unsaturated/α-hetero) is 1. The molecule has 0 bridgehead atoms. The number of carbonyl (C=O) groups is 2. The van der Waals surface area contributed by atoms with Gasteiger partial charge in [-0.15, -0.1) is 11.3 Å². The molecule has 3 unspecified atom stereocenters. The molecule has 7 heteroatoms. The number of allylic oxidation sites excluding steroid dienone is 1. The van der Waals surface area contributed by atoms with Crippen molar-refractivity contribution < 1.29 is 23.8 Å². The highest BCUT2D eigenvalue weighted by atomic mass is 32.1. The summed E-state index contributed by atoms with van der Waals surface area (Å²) in [5.74, 6) is -0.125. The van der Waals surface area contributed by atoms with Crippen molar-refractivity contribution >= 4 is 38.9 Å². The molecule has 0 saturated heterocycles. The van der Waals surface area contributed by atoms with Gasteiger partial charge in [0.1, 0.15) is 28.5 Å². The summed E-state index contributed by atoms with van der Waals surface area (Å²) < 4.78 is 18.0. The number of esters is 1. The molecule has 0 N–H and O–H groups in total. The Morgan fingerprint density at radius 1 is 1.13 bits per heavy atom. The van der Waals surface area contributed by atoms with Gasteiger partial charge in [-0.2, -0.15) is 0 Å². The summed E-state index contributed by atoms with van der Waals surface area (Å²) in [6, 6.07) is 14.8. The zero-order chi connectivity index (χ0) is 21.4. The molecule has 6 nitrogen and oxygen atoms in total. The quantitative estimate of drug-likeness (QED) is 0.556. The number of rotatable bonds is 4. The molecular formula is C24H21NO5S. The number of para-hydroxylation sites is 2. The second-order valence-corrected chi connectivity index (χ2v) is 8.73. The van der Waals surface area contributed by atoms with Crippen molar-refractivity contribution in [2.45, 2.75) is 31.5 Å². The summed E-state index contributed by atoms with van der Waals surface area (Å²) in [7, 11) is 1.52. The van der Waals surface area contributed by atoms with Crippen LogP contribution in [0.1, 0.15) is 34.6 Å². The van der Waals surface area contributed by atoms with E-state index in [0.29, 0.717) is 41.2 Å². The predicted octanol–water partition coefficient (Wildman–Crippen LogP) is 4.64. The first-order valence-electron chi connectivity index (χ1n) is 10.2. The lowest BCUT2D eigenvalue weighted by Gasteiger charge is -2.37. The van der Waals surface area contributed by atoms with Crippen molar-refractivity contribution in [3.05, 3.63) is 65.4 Å². The van der Waals surface area contributed by atoms with E-state index < -0.39 is 5.97 Å². The molecule has 0 spiro atoms. The van der Waals surface area contributed by atoms with E-state index in [9.17, 15) is 9.59 Å². The third-order valence-electron chi connectivity index (χ3n) is 5.83. The van der Waals surface area contributed by atoms with Crippen molar-refractivity contribution in [1.82, 2.24) is 4.98 Å². The largest absolute Gasteiger partial charge is 0.496 e. The number of hydrogen-bond acceptors (Lipinski definition) is 7. The highest BCUT2D eigenvalue weighted by Gasteiger charge is 2.42. The second-order valence-electron chi connectivity index (χ2n) is 7.70. The number of fused-ring (bicyclic) bond motifs is 2. The van der Waals surface area contributed by atoms with Crippen LogP contribution >= 0.6 is 11.3 Å². The number of hydrogen-bond donors (Lipinski definition) is 0. The van der Waals surface area contributed by atoms with Gasteiger partial charge in [0, 0.05) is 6.42 Å². The molecule has 2 aliphatic rings. The van der Waals surface area contributed by atoms with Crippen LogP contribution in [0.5, 0.6) is 5.75 Å². The molecule has 3 atom stereocenters. The van der Waals surface area contributed by atoms with Gasteiger partial charge in [0.05, 0.1) is 35.1 Å².